The molecule has 7 aromatic carbocycles. The molecule has 0 saturated heterocycles. The highest BCUT2D eigenvalue weighted by atomic mass is 32.1. The standard InChI is InChI=1S/C28H38N2O5S.C19H17N3O6.C19H16N2O6S.C19H24N2O3S.C18H22N2O3S/c1-18(2)34-27(31)21-8-7-11-24(16-21)35-23-14-12-20(13-15-23)26-25(29-19(3)36-26)17-33-28(32)30(4)22-9-5-6-10-22;1-21-18(17(11-20-21)13-3-7-15(26-2)8-4-13)12-27-19(23)28-16-9-5-14(6-10-16)22(24)25;1-12-20-17(18(28-12)13-3-7-15(25-2)8-4-13)11-26-19(22)27-16-9-5-14(6-10-16)21(23)24;1-13-20-17(12-24-19(22)21(2)15-6-4-5-7-15)18(25-13)14-8-10-16(23-3)11-9-14;1-12-19-16(17(24-12)13-7-9-15(21)10-8-13)11-23-18(22)20(2)14-5-3-4-6-14/h12-15,18,21-22,24H,5-11,16-17H2,1-4H3;3-11H,12H2,1-2H3;3-10H,11H2,1-2H3;8-11,15H,4-7,12H2,1-3H3;7-10,14,21H,3-6,11H2,1-2H3/t21-,24-;;;;/m0..../s1. The zero-order valence-corrected chi connectivity index (χ0v) is 84.3. The van der Waals surface area contributed by atoms with Gasteiger partial charge in [0.2, 0.25) is 0 Å². The number of hydrogen-bond acceptors (Lipinski definition) is 32. The van der Waals surface area contributed by atoms with E-state index in [1.807, 2.05) is 172 Å². The maximum atomic E-state index is 12.5. The van der Waals surface area contributed by atoms with Crippen LogP contribution in [0.15, 0.2) is 176 Å². The Morgan fingerprint density at radius 2 is 0.730 bits per heavy atom. The molecule has 3 amide bonds. The number of amides is 3. The van der Waals surface area contributed by atoms with E-state index in [-0.39, 0.29) is 110 Å². The summed E-state index contributed by atoms with van der Waals surface area (Å²) in [4.78, 5) is 121. The van der Waals surface area contributed by atoms with Crippen LogP contribution in [0.1, 0.15) is 165 Å². The fraction of sp³-hybridized carbons (Fsp3) is 0.388. The van der Waals surface area contributed by atoms with Crippen molar-refractivity contribution in [3.8, 4) is 93.1 Å². The number of nitro benzene ring substituents is 2. The van der Waals surface area contributed by atoms with E-state index < -0.39 is 22.2 Å². The van der Waals surface area contributed by atoms with Crippen molar-refractivity contribution >= 4 is 93.3 Å². The Balaban J connectivity index is 0.000000159. The van der Waals surface area contributed by atoms with Crippen molar-refractivity contribution < 1.29 is 101 Å². The normalized spacial score (nSPS) is 14.4. The Hall–Kier alpha value is -14.1. The van der Waals surface area contributed by atoms with Crippen LogP contribution < -0.4 is 28.4 Å². The van der Waals surface area contributed by atoms with E-state index in [1.54, 1.807) is 100 Å². The fourth-order valence-corrected chi connectivity index (χ4v) is 20.1. The fourth-order valence-electron chi connectivity index (χ4n) is 16.4. The van der Waals surface area contributed by atoms with Crippen molar-refractivity contribution in [3.05, 3.63) is 245 Å². The van der Waals surface area contributed by atoms with Crippen molar-refractivity contribution in [3.63, 3.8) is 0 Å². The third kappa shape index (κ3) is 30.7. The van der Waals surface area contributed by atoms with Crippen molar-refractivity contribution in [1.29, 1.82) is 0 Å². The van der Waals surface area contributed by atoms with Crippen LogP contribution in [0.2, 0.25) is 0 Å². The van der Waals surface area contributed by atoms with Gasteiger partial charge in [0.05, 0.1) is 124 Å². The van der Waals surface area contributed by atoms with Crippen LogP contribution in [-0.2, 0) is 73.3 Å². The molecule has 1 N–H and O–H groups in total. The average molecular weight is 2010 g/mol. The molecule has 0 unspecified atom stereocenters. The smallest absolute Gasteiger partial charge is 0.508 e. The molecule has 34 nitrogen and oxygen atoms in total. The van der Waals surface area contributed by atoms with Gasteiger partial charge >= 0.3 is 36.6 Å². The van der Waals surface area contributed by atoms with Crippen molar-refractivity contribution in [1.82, 2.24) is 44.4 Å². The molecule has 2 atom stereocenters. The number of benzene rings is 7. The minimum atomic E-state index is -0.921. The van der Waals surface area contributed by atoms with Gasteiger partial charge in [-0.15, -0.1) is 45.3 Å². The highest BCUT2D eigenvalue weighted by molar-refractivity contribution is 7.16. The number of methoxy groups -OCH3 is 3. The van der Waals surface area contributed by atoms with Crippen LogP contribution in [0.3, 0.4) is 0 Å². The molecule has 4 aliphatic rings. The van der Waals surface area contributed by atoms with Gasteiger partial charge in [-0.1, -0.05) is 50.7 Å². The molecule has 4 aliphatic carbocycles. The number of aromatic hydroxyl groups is 1. The quantitative estimate of drug-likeness (QED) is 0.0150. The van der Waals surface area contributed by atoms with Gasteiger partial charge in [-0.25, -0.2) is 43.9 Å². The molecule has 0 aliphatic heterocycles. The molecular formula is C103H117N11O23S4. The molecule has 5 heterocycles. The van der Waals surface area contributed by atoms with Crippen LogP contribution in [-0.4, -0.2) is 169 Å². The summed E-state index contributed by atoms with van der Waals surface area (Å²) >= 11 is 6.26. The zero-order chi connectivity index (χ0) is 101. The largest absolute Gasteiger partial charge is 0.514 e. The number of phenolic OH excluding ortho intramolecular Hbond substituents is 1. The number of phenols is 1. The van der Waals surface area contributed by atoms with Crippen molar-refractivity contribution in [2.45, 2.75) is 208 Å². The van der Waals surface area contributed by atoms with Crippen molar-refractivity contribution in [2.24, 2.45) is 13.0 Å². The lowest BCUT2D eigenvalue weighted by atomic mass is 9.87. The maximum absolute atomic E-state index is 12.5. The number of esters is 1. The number of hydrogen-bond donors (Lipinski definition) is 1. The number of carbonyl (C=O) groups excluding carboxylic acids is 6. The summed E-state index contributed by atoms with van der Waals surface area (Å²) < 4.78 is 65.8. The first-order chi connectivity index (χ1) is 67.8. The van der Waals surface area contributed by atoms with Gasteiger partial charge in [0.1, 0.15) is 73.3 Å². The topological polar surface area (TPSA) is 399 Å². The number of aromatic nitrogens is 6. The number of non-ortho nitro benzene ring substituents is 2. The second-order valence-corrected chi connectivity index (χ2v) is 38.9. The maximum Gasteiger partial charge on any atom is 0.514 e. The van der Waals surface area contributed by atoms with Crippen LogP contribution in [0.5, 0.6) is 40.2 Å². The van der Waals surface area contributed by atoms with Gasteiger partial charge < -0.3 is 76.6 Å². The summed E-state index contributed by atoms with van der Waals surface area (Å²) in [5, 5.41) is 38.6. The molecule has 4 fully saturated rings. The Labute approximate surface area is 834 Å². The number of aryl methyl sites for hydroxylation is 5. The molecule has 0 bridgehead atoms. The van der Waals surface area contributed by atoms with E-state index in [1.165, 1.54) is 98.4 Å². The van der Waals surface area contributed by atoms with Gasteiger partial charge in [-0.05, 0) is 267 Å². The number of rotatable bonds is 29. The first-order valence-corrected chi connectivity index (χ1v) is 49.6. The number of nitrogens with zero attached hydrogens (tertiary/aromatic N) is 11. The van der Waals surface area contributed by atoms with E-state index in [0.29, 0.717) is 29.9 Å². The van der Waals surface area contributed by atoms with Gasteiger partial charge in [-0.3, -0.25) is 29.7 Å². The summed E-state index contributed by atoms with van der Waals surface area (Å²) in [5.41, 5.74) is 9.15. The molecule has 141 heavy (non-hydrogen) atoms. The van der Waals surface area contributed by atoms with E-state index >= 15 is 0 Å². The predicted octanol–water partition coefficient (Wildman–Crippen LogP) is 24.0. The minimum Gasteiger partial charge on any atom is -0.508 e. The number of carbonyl (C=O) groups is 6. The second-order valence-electron chi connectivity index (χ2n) is 34.1. The summed E-state index contributed by atoms with van der Waals surface area (Å²) in [5.74, 6) is 3.40. The summed E-state index contributed by atoms with van der Waals surface area (Å²) in [6.07, 6.45) is 15.8. The van der Waals surface area contributed by atoms with E-state index in [4.69, 9.17) is 56.8 Å². The zero-order valence-electron chi connectivity index (χ0n) is 81.0. The molecule has 5 aromatic heterocycles. The number of ether oxygens (including phenoxy) is 12. The van der Waals surface area contributed by atoms with Crippen LogP contribution >= 0.6 is 45.3 Å². The second kappa shape index (κ2) is 51.7. The Bertz CT molecular complexity index is 6090. The lowest BCUT2D eigenvalue weighted by molar-refractivity contribution is -0.385. The molecular weight excluding hydrogens is 1890 g/mol. The SMILES string of the molecule is COc1ccc(-c2cnn(C)c2COC(=O)Oc2ccc([N+](=O)[O-])cc2)cc1.COc1ccc(-c2sc(C)nc2COC(=O)N(C)C2CCCC2)cc1.COc1ccc(-c2sc(C)nc2COC(=O)Oc2ccc([N+](=O)[O-])cc2)cc1.Cc1nc(COC(=O)N(C)C2CCCC2)c(-c2ccc(O)cc2)s1.Cc1nc(COC(=O)N(C)C2CCCC2)c(-c2ccc(O[C@H]3CCC[C@H](C(=O)OC(C)C)C3)cc2)s1. The molecule has 12 aromatic rings. The minimum absolute atomic E-state index is 0.00629. The van der Waals surface area contributed by atoms with Crippen LogP contribution in [0.25, 0.3) is 52.9 Å². The van der Waals surface area contributed by atoms with Gasteiger partial charge in [0.15, 0.2) is 0 Å². The van der Waals surface area contributed by atoms with Crippen LogP contribution in [0, 0.1) is 53.8 Å². The summed E-state index contributed by atoms with van der Waals surface area (Å²) in [6, 6.07) is 48.9. The molecule has 0 radical (unpaired) electrons. The lowest BCUT2D eigenvalue weighted by Gasteiger charge is -2.29. The van der Waals surface area contributed by atoms with Gasteiger partial charge in [0, 0.05) is 76.1 Å². The van der Waals surface area contributed by atoms with Gasteiger partial charge in [0.25, 0.3) is 11.4 Å². The molecule has 38 heteroatoms. The number of thiazole rings is 4. The lowest BCUT2D eigenvalue weighted by Crippen LogP contribution is -2.35. The number of nitro groups is 2. The molecule has 16 rings (SSSR count). The highest BCUT2D eigenvalue weighted by Crippen LogP contribution is 2.40. The Morgan fingerprint density at radius 1 is 0.418 bits per heavy atom. The van der Waals surface area contributed by atoms with E-state index in [0.717, 1.165) is 171 Å². The first-order valence-electron chi connectivity index (χ1n) is 46.3. The monoisotopic (exact) mass is 2000 g/mol. The van der Waals surface area contributed by atoms with Crippen molar-refractivity contribution in [2.75, 3.05) is 42.5 Å². The Kier molecular flexibility index (Phi) is 38.8. The van der Waals surface area contributed by atoms with Crippen LogP contribution in [0.4, 0.5) is 35.3 Å². The third-order valence-corrected chi connectivity index (χ3v) is 28.1. The summed E-state index contributed by atoms with van der Waals surface area (Å²) in [7, 11) is 12.0. The highest BCUT2D eigenvalue weighted by Gasteiger charge is 2.33. The molecule has 746 valence electrons. The van der Waals surface area contributed by atoms with E-state index in [9.17, 15) is 54.1 Å². The first kappa shape index (κ1) is 106. The predicted molar refractivity (Wildman–Crippen MR) is 535 cm³/mol. The average Bonchev–Trinajstić information content (AvgIpc) is 1.73. The third-order valence-electron chi connectivity index (χ3n) is 23.9. The Morgan fingerprint density at radius 3 is 1.06 bits per heavy atom. The van der Waals surface area contributed by atoms with Gasteiger partial charge in [-0.2, -0.15) is 5.10 Å². The molecule has 0 spiro atoms. The molecule has 4 saturated carbocycles. The van der Waals surface area contributed by atoms with E-state index in [2.05, 4.69) is 25.0 Å². The summed E-state index contributed by atoms with van der Waals surface area (Å²) in [6.45, 7) is 11.9.